The lowest BCUT2D eigenvalue weighted by Gasteiger charge is -2.12. The van der Waals surface area contributed by atoms with Crippen LogP contribution < -0.4 is 0 Å². The third-order valence-electron chi connectivity index (χ3n) is 2.03. The van der Waals surface area contributed by atoms with Crippen molar-refractivity contribution in [3.05, 3.63) is 36.1 Å². The molecule has 13 heavy (non-hydrogen) atoms. The van der Waals surface area contributed by atoms with Crippen LogP contribution in [0.25, 0.3) is 11.0 Å². The highest BCUT2D eigenvalue weighted by Gasteiger charge is 2.20. The van der Waals surface area contributed by atoms with Crippen molar-refractivity contribution in [2.45, 2.75) is 19.4 Å². The van der Waals surface area contributed by atoms with E-state index in [0.29, 0.717) is 5.76 Å². The van der Waals surface area contributed by atoms with E-state index in [9.17, 15) is 5.11 Å². The zero-order valence-corrected chi connectivity index (χ0v) is 7.74. The highest BCUT2D eigenvalue weighted by Crippen LogP contribution is 2.26. The number of para-hydroxylation sites is 1. The molecule has 1 heterocycles. The largest absolute Gasteiger partial charge is 0.458 e. The Kier molecular flexibility index (Phi) is 1.67. The molecule has 0 aliphatic carbocycles. The lowest BCUT2D eigenvalue weighted by Crippen LogP contribution is -2.13. The van der Waals surface area contributed by atoms with Gasteiger partial charge < -0.3 is 9.52 Å². The van der Waals surface area contributed by atoms with Gasteiger partial charge in [0, 0.05) is 5.39 Å². The maximum atomic E-state index is 9.70. The van der Waals surface area contributed by atoms with E-state index >= 15 is 0 Å². The number of hydrogen-bond donors (Lipinski definition) is 1. The lowest BCUT2D eigenvalue weighted by atomic mass is 10.1. The first-order valence-electron chi connectivity index (χ1n) is 4.29. The maximum absolute atomic E-state index is 9.70. The first-order chi connectivity index (χ1) is 6.07. The van der Waals surface area contributed by atoms with E-state index in [1.54, 1.807) is 13.8 Å². The normalized spacial score (nSPS) is 12.2. The molecule has 0 radical (unpaired) electrons. The topological polar surface area (TPSA) is 33.4 Å². The van der Waals surface area contributed by atoms with Gasteiger partial charge in [-0.1, -0.05) is 18.2 Å². The second-order valence-corrected chi connectivity index (χ2v) is 3.71. The second-order valence-electron chi connectivity index (χ2n) is 3.71. The van der Waals surface area contributed by atoms with Gasteiger partial charge in [0.25, 0.3) is 0 Å². The molecule has 0 bridgehead atoms. The van der Waals surface area contributed by atoms with Crippen LogP contribution in [0.5, 0.6) is 0 Å². The zero-order valence-electron chi connectivity index (χ0n) is 7.74. The average Bonchev–Trinajstić information content (AvgIpc) is 2.45. The second kappa shape index (κ2) is 2.60. The van der Waals surface area contributed by atoms with Gasteiger partial charge in [-0.3, -0.25) is 0 Å². The minimum atomic E-state index is -0.904. The summed E-state index contributed by atoms with van der Waals surface area (Å²) in [5.41, 5.74) is -0.0847. The van der Waals surface area contributed by atoms with Crippen LogP contribution in [-0.2, 0) is 5.60 Å². The van der Waals surface area contributed by atoms with Crippen LogP contribution in [0.2, 0.25) is 0 Å². The van der Waals surface area contributed by atoms with Crippen molar-refractivity contribution >= 4 is 11.0 Å². The molecule has 2 nitrogen and oxygen atoms in total. The fraction of sp³-hybridized carbons (Fsp3) is 0.273. The Hall–Kier alpha value is -1.28. The molecule has 0 spiro atoms. The fourth-order valence-electron chi connectivity index (χ4n) is 1.28. The first kappa shape index (κ1) is 8.32. The molecule has 2 rings (SSSR count). The molecule has 68 valence electrons. The van der Waals surface area contributed by atoms with Crippen LogP contribution in [0.3, 0.4) is 0 Å². The summed E-state index contributed by atoms with van der Waals surface area (Å²) in [7, 11) is 0. The van der Waals surface area contributed by atoms with Crippen LogP contribution in [0, 0.1) is 0 Å². The smallest absolute Gasteiger partial charge is 0.136 e. The molecule has 0 saturated carbocycles. The van der Waals surface area contributed by atoms with Crippen molar-refractivity contribution in [3.63, 3.8) is 0 Å². The van der Waals surface area contributed by atoms with Crippen LogP contribution in [0.15, 0.2) is 34.7 Å². The van der Waals surface area contributed by atoms with Crippen LogP contribution in [0.4, 0.5) is 0 Å². The van der Waals surface area contributed by atoms with E-state index < -0.39 is 5.60 Å². The fourth-order valence-corrected chi connectivity index (χ4v) is 1.28. The van der Waals surface area contributed by atoms with Crippen LogP contribution in [-0.4, -0.2) is 5.11 Å². The minimum Gasteiger partial charge on any atom is -0.458 e. The van der Waals surface area contributed by atoms with Gasteiger partial charge in [-0.05, 0) is 26.0 Å². The molecule has 0 aliphatic rings. The SMILES string of the molecule is CC(C)(O)c1cc2ccccc2o1. The summed E-state index contributed by atoms with van der Waals surface area (Å²) >= 11 is 0. The molecule has 0 aliphatic heterocycles. The third kappa shape index (κ3) is 1.45. The molecule has 0 unspecified atom stereocenters. The summed E-state index contributed by atoms with van der Waals surface area (Å²) in [5.74, 6) is 0.605. The van der Waals surface area contributed by atoms with Crippen molar-refractivity contribution in [2.24, 2.45) is 0 Å². The van der Waals surface area contributed by atoms with E-state index in [-0.39, 0.29) is 0 Å². The Labute approximate surface area is 76.8 Å². The Morgan fingerprint density at radius 1 is 1.23 bits per heavy atom. The molecular weight excluding hydrogens is 164 g/mol. The van der Waals surface area contributed by atoms with Crippen LogP contribution >= 0.6 is 0 Å². The number of fused-ring (bicyclic) bond motifs is 1. The van der Waals surface area contributed by atoms with Crippen LogP contribution in [0.1, 0.15) is 19.6 Å². The van der Waals surface area contributed by atoms with Gasteiger partial charge in [0.2, 0.25) is 0 Å². The molecular formula is C11H12O2. The van der Waals surface area contributed by atoms with Gasteiger partial charge >= 0.3 is 0 Å². The van der Waals surface area contributed by atoms with E-state index in [0.717, 1.165) is 11.0 Å². The quantitative estimate of drug-likeness (QED) is 0.724. The summed E-state index contributed by atoms with van der Waals surface area (Å²) < 4.78 is 5.48. The Morgan fingerprint density at radius 3 is 2.54 bits per heavy atom. The first-order valence-corrected chi connectivity index (χ1v) is 4.29. The molecule has 0 atom stereocenters. The molecule has 0 amide bonds. The summed E-state index contributed by atoms with van der Waals surface area (Å²) in [5, 5.41) is 10.7. The summed E-state index contributed by atoms with van der Waals surface area (Å²) in [6.07, 6.45) is 0. The van der Waals surface area contributed by atoms with Gasteiger partial charge in [-0.25, -0.2) is 0 Å². The number of hydrogen-bond acceptors (Lipinski definition) is 2. The molecule has 1 aromatic heterocycles. The Bertz CT molecular complexity index is 388. The number of furan rings is 1. The van der Waals surface area contributed by atoms with E-state index in [2.05, 4.69) is 0 Å². The number of benzene rings is 1. The zero-order chi connectivity index (χ0) is 9.47. The van der Waals surface area contributed by atoms with Crippen molar-refractivity contribution in [1.82, 2.24) is 0 Å². The lowest BCUT2D eigenvalue weighted by molar-refractivity contribution is 0.0559. The van der Waals surface area contributed by atoms with Gasteiger partial charge in [-0.15, -0.1) is 0 Å². The minimum absolute atomic E-state index is 0.605. The summed E-state index contributed by atoms with van der Waals surface area (Å²) in [6, 6.07) is 9.60. The van der Waals surface area contributed by atoms with Gasteiger partial charge in [0.05, 0.1) is 0 Å². The highest BCUT2D eigenvalue weighted by atomic mass is 16.4. The number of aliphatic hydroxyl groups is 1. The number of rotatable bonds is 1. The van der Waals surface area contributed by atoms with Crippen molar-refractivity contribution < 1.29 is 9.52 Å². The van der Waals surface area contributed by atoms with Crippen molar-refractivity contribution in [1.29, 1.82) is 0 Å². The third-order valence-corrected chi connectivity index (χ3v) is 2.03. The van der Waals surface area contributed by atoms with E-state index in [1.165, 1.54) is 0 Å². The van der Waals surface area contributed by atoms with Gasteiger partial charge in [-0.2, -0.15) is 0 Å². The standard InChI is InChI=1S/C11H12O2/c1-11(2,12)10-7-8-5-3-4-6-9(8)13-10/h3-7,12H,1-2H3. The molecule has 2 aromatic rings. The average molecular weight is 176 g/mol. The predicted octanol–water partition coefficient (Wildman–Crippen LogP) is 2.66. The molecule has 2 heteroatoms. The monoisotopic (exact) mass is 176 g/mol. The Morgan fingerprint density at radius 2 is 1.92 bits per heavy atom. The molecule has 0 saturated heterocycles. The van der Waals surface area contributed by atoms with Crippen molar-refractivity contribution in [2.75, 3.05) is 0 Å². The Balaban J connectivity index is 2.63. The molecule has 0 fully saturated rings. The summed E-state index contributed by atoms with van der Waals surface area (Å²) in [4.78, 5) is 0. The van der Waals surface area contributed by atoms with Gasteiger partial charge in [0.1, 0.15) is 16.9 Å². The summed E-state index contributed by atoms with van der Waals surface area (Å²) in [6.45, 7) is 3.43. The highest BCUT2D eigenvalue weighted by molar-refractivity contribution is 5.77. The van der Waals surface area contributed by atoms with Crippen molar-refractivity contribution in [3.8, 4) is 0 Å². The maximum Gasteiger partial charge on any atom is 0.136 e. The predicted molar refractivity (Wildman–Crippen MR) is 51.5 cm³/mol. The van der Waals surface area contributed by atoms with E-state index in [1.807, 2.05) is 30.3 Å². The molecule has 1 aromatic carbocycles. The van der Waals surface area contributed by atoms with E-state index in [4.69, 9.17) is 4.42 Å². The molecule has 1 N–H and O–H groups in total. The van der Waals surface area contributed by atoms with Gasteiger partial charge in [0.15, 0.2) is 0 Å².